The monoisotopic (exact) mass is 404 g/mol. The number of nitrogens with zero attached hydrogens (tertiary/aromatic N) is 7. The molecule has 0 unspecified atom stereocenters. The van der Waals surface area contributed by atoms with Crippen molar-refractivity contribution in [2.24, 2.45) is 0 Å². The molecular weight excluding hydrogens is 380 g/mol. The Labute approximate surface area is 174 Å². The Morgan fingerprint density at radius 3 is 2.70 bits per heavy atom. The van der Waals surface area contributed by atoms with Gasteiger partial charge in [-0.3, -0.25) is 4.79 Å². The van der Waals surface area contributed by atoms with E-state index in [0.29, 0.717) is 25.2 Å². The van der Waals surface area contributed by atoms with Gasteiger partial charge in [-0.2, -0.15) is 14.6 Å². The van der Waals surface area contributed by atoms with E-state index in [9.17, 15) is 4.79 Å². The second-order valence-electron chi connectivity index (χ2n) is 7.32. The zero-order valence-electron chi connectivity index (χ0n) is 17.3. The number of fused-ring (bicyclic) bond motifs is 1. The topological polar surface area (TPSA) is 107 Å². The van der Waals surface area contributed by atoms with Crippen molar-refractivity contribution >= 4 is 17.6 Å². The van der Waals surface area contributed by atoms with Crippen LogP contribution in [-0.4, -0.2) is 47.2 Å². The molecule has 30 heavy (non-hydrogen) atoms. The Bertz CT molecular complexity index is 1190. The summed E-state index contributed by atoms with van der Waals surface area (Å²) < 4.78 is 3.44. The molecule has 3 heterocycles. The van der Waals surface area contributed by atoms with E-state index < -0.39 is 0 Å². The predicted octanol–water partition coefficient (Wildman–Crippen LogP) is 2.10. The van der Waals surface area contributed by atoms with Gasteiger partial charge < -0.3 is 10.6 Å². The number of rotatable bonds is 6. The van der Waals surface area contributed by atoms with Gasteiger partial charge in [0.25, 0.3) is 5.78 Å². The quantitative estimate of drug-likeness (QED) is 0.527. The standard InChI is InChI=1S/C21H24N8O/c1-14-18(15(2)29-21(24-14)25-20(22)26-29)9-10-19(30)27(3)12-16-11-23-28(13-16)17-7-5-4-6-8-17/h4-8,11,13H,9-10,12H2,1-3H3,(H2,22,26). The van der Waals surface area contributed by atoms with Crippen LogP contribution in [-0.2, 0) is 17.8 Å². The summed E-state index contributed by atoms with van der Waals surface area (Å²) in [4.78, 5) is 23.0. The first kappa shape index (κ1) is 19.6. The van der Waals surface area contributed by atoms with Crippen LogP contribution in [0.15, 0.2) is 42.7 Å². The largest absolute Gasteiger partial charge is 0.366 e. The highest BCUT2D eigenvalue weighted by Gasteiger charge is 2.16. The summed E-state index contributed by atoms with van der Waals surface area (Å²) in [5.41, 5.74) is 10.4. The molecule has 1 amide bonds. The fourth-order valence-electron chi connectivity index (χ4n) is 3.53. The van der Waals surface area contributed by atoms with Gasteiger partial charge >= 0.3 is 0 Å². The number of para-hydroxylation sites is 1. The molecule has 0 aliphatic carbocycles. The van der Waals surface area contributed by atoms with Gasteiger partial charge in [-0.1, -0.05) is 18.2 Å². The Hall–Kier alpha value is -3.75. The predicted molar refractivity (Wildman–Crippen MR) is 113 cm³/mol. The van der Waals surface area contributed by atoms with Crippen LogP contribution in [0, 0.1) is 13.8 Å². The molecule has 0 saturated carbocycles. The minimum Gasteiger partial charge on any atom is -0.366 e. The molecule has 0 bridgehead atoms. The van der Waals surface area contributed by atoms with E-state index >= 15 is 0 Å². The van der Waals surface area contributed by atoms with Crippen LogP contribution < -0.4 is 5.73 Å². The highest BCUT2D eigenvalue weighted by Crippen LogP contribution is 2.17. The molecule has 0 atom stereocenters. The Morgan fingerprint density at radius 2 is 1.93 bits per heavy atom. The zero-order chi connectivity index (χ0) is 21.3. The van der Waals surface area contributed by atoms with Gasteiger partial charge in [0.05, 0.1) is 11.9 Å². The van der Waals surface area contributed by atoms with Crippen LogP contribution in [0.3, 0.4) is 0 Å². The normalized spacial score (nSPS) is 11.2. The molecule has 4 rings (SSSR count). The molecule has 154 valence electrons. The molecule has 0 saturated heterocycles. The molecule has 0 fully saturated rings. The van der Waals surface area contributed by atoms with Crippen molar-refractivity contribution in [1.82, 2.24) is 34.3 Å². The summed E-state index contributed by atoms with van der Waals surface area (Å²) in [5, 5.41) is 8.57. The number of nitrogen functional groups attached to an aromatic ring is 1. The first-order chi connectivity index (χ1) is 14.4. The Kier molecular flexibility index (Phi) is 5.18. The fourth-order valence-corrected chi connectivity index (χ4v) is 3.53. The van der Waals surface area contributed by atoms with Crippen molar-refractivity contribution < 1.29 is 4.79 Å². The zero-order valence-corrected chi connectivity index (χ0v) is 17.3. The van der Waals surface area contributed by atoms with Gasteiger partial charge in [0, 0.05) is 43.2 Å². The molecule has 1 aromatic carbocycles. The van der Waals surface area contributed by atoms with E-state index in [1.54, 1.807) is 15.6 Å². The molecule has 0 spiro atoms. The lowest BCUT2D eigenvalue weighted by atomic mass is 10.1. The average molecular weight is 404 g/mol. The average Bonchev–Trinajstić information content (AvgIpc) is 3.34. The van der Waals surface area contributed by atoms with Crippen molar-refractivity contribution in [2.75, 3.05) is 12.8 Å². The molecular formula is C21H24N8O. The van der Waals surface area contributed by atoms with Crippen molar-refractivity contribution in [3.63, 3.8) is 0 Å². The number of benzene rings is 1. The van der Waals surface area contributed by atoms with E-state index in [1.807, 2.05) is 62.1 Å². The number of aromatic nitrogens is 6. The third-order valence-electron chi connectivity index (χ3n) is 5.16. The van der Waals surface area contributed by atoms with Crippen LogP contribution in [0.5, 0.6) is 0 Å². The number of hydrogen-bond donors (Lipinski definition) is 1. The Balaban J connectivity index is 1.41. The molecule has 9 nitrogen and oxygen atoms in total. The first-order valence-electron chi connectivity index (χ1n) is 9.73. The van der Waals surface area contributed by atoms with Gasteiger partial charge in [-0.25, -0.2) is 9.67 Å². The maximum atomic E-state index is 12.7. The van der Waals surface area contributed by atoms with Crippen LogP contribution in [0.25, 0.3) is 11.5 Å². The van der Waals surface area contributed by atoms with Gasteiger partial charge in [0.15, 0.2) is 0 Å². The number of carbonyl (C=O) groups is 1. The van der Waals surface area contributed by atoms with E-state index in [-0.39, 0.29) is 11.9 Å². The number of carbonyl (C=O) groups excluding carboxylic acids is 1. The summed E-state index contributed by atoms with van der Waals surface area (Å²) in [6.45, 7) is 4.36. The van der Waals surface area contributed by atoms with Gasteiger partial charge in [-0.05, 0) is 38.0 Å². The van der Waals surface area contributed by atoms with Crippen LogP contribution in [0.1, 0.15) is 28.9 Å². The first-order valence-corrected chi connectivity index (χ1v) is 9.73. The number of anilines is 1. The minimum atomic E-state index is 0.0551. The molecule has 0 aliphatic heterocycles. The summed E-state index contributed by atoms with van der Waals surface area (Å²) in [6.07, 6.45) is 4.69. The van der Waals surface area contributed by atoms with Gasteiger partial charge in [0.2, 0.25) is 11.9 Å². The highest BCUT2D eigenvalue weighted by atomic mass is 16.2. The van der Waals surface area contributed by atoms with E-state index in [2.05, 4.69) is 20.2 Å². The SMILES string of the molecule is Cc1nc2nc(N)nn2c(C)c1CCC(=O)N(C)Cc1cnn(-c2ccccc2)c1. The van der Waals surface area contributed by atoms with E-state index in [4.69, 9.17) is 5.73 Å². The van der Waals surface area contributed by atoms with Crippen LogP contribution >= 0.6 is 0 Å². The smallest absolute Gasteiger partial charge is 0.254 e. The van der Waals surface area contributed by atoms with Crippen LogP contribution in [0.4, 0.5) is 5.95 Å². The van der Waals surface area contributed by atoms with Gasteiger partial charge in [0.1, 0.15) is 0 Å². The lowest BCUT2D eigenvalue weighted by molar-refractivity contribution is -0.130. The summed E-state index contributed by atoms with van der Waals surface area (Å²) in [7, 11) is 1.81. The molecule has 4 aromatic rings. The molecule has 9 heteroatoms. The maximum Gasteiger partial charge on any atom is 0.254 e. The summed E-state index contributed by atoms with van der Waals surface area (Å²) in [5.74, 6) is 0.721. The summed E-state index contributed by atoms with van der Waals surface area (Å²) in [6, 6.07) is 9.88. The molecule has 0 aliphatic rings. The molecule has 0 radical (unpaired) electrons. The second kappa shape index (κ2) is 7.94. The van der Waals surface area contributed by atoms with Crippen molar-refractivity contribution in [3.8, 4) is 5.69 Å². The van der Waals surface area contributed by atoms with E-state index in [0.717, 1.165) is 28.2 Å². The van der Waals surface area contributed by atoms with Crippen molar-refractivity contribution in [1.29, 1.82) is 0 Å². The highest BCUT2D eigenvalue weighted by molar-refractivity contribution is 5.76. The third-order valence-corrected chi connectivity index (χ3v) is 5.16. The number of aryl methyl sites for hydroxylation is 2. The van der Waals surface area contributed by atoms with E-state index in [1.165, 1.54) is 0 Å². The lowest BCUT2D eigenvalue weighted by Gasteiger charge is -2.17. The fraction of sp³-hybridized carbons (Fsp3) is 0.286. The van der Waals surface area contributed by atoms with Gasteiger partial charge in [-0.15, -0.1) is 5.10 Å². The lowest BCUT2D eigenvalue weighted by Crippen LogP contribution is -2.26. The van der Waals surface area contributed by atoms with Crippen molar-refractivity contribution in [3.05, 3.63) is 65.2 Å². The molecule has 2 N–H and O–H groups in total. The van der Waals surface area contributed by atoms with Crippen molar-refractivity contribution in [2.45, 2.75) is 33.2 Å². The molecule has 3 aromatic heterocycles. The number of nitrogens with two attached hydrogens (primary N) is 1. The minimum absolute atomic E-state index is 0.0551. The van der Waals surface area contributed by atoms with Crippen LogP contribution in [0.2, 0.25) is 0 Å². The second-order valence-corrected chi connectivity index (χ2v) is 7.32. The summed E-state index contributed by atoms with van der Waals surface area (Å²) >= 11 is 0. The number of hydrogen-bond acceptors (Lipinski definition) is 6. The Morgan fingerprint density at radius 1 is 1.17 bits per heavy atom. The maximum absolute atomic E-state index is 12.7. The third kappa shape index (κ3) is 3.86. The number of amides is 1.